The van der Waals surface area contributed by atoms with Crippen molar-refractivity contribution in [1.29, 1.82) is 0 Å². The number of benzene rings is 1. The van der Waals surface area contributed by atoms with E-state index >= 15 is 0 Å². The second-order valence-electron chi connectivity index (χ2n) is 8.66. The first kappa shape index (κ1) is 17.9. The van der Waals surface area contributed by atoms with E-state index in [1.54, 1.807) is 0 Å². The van der Waals surface area contributed by atoms with Gasteiger partial charge >= 0.3 is 0 Å². The standard InChI is InChI=1S/C22H36N2/c1-4-5-16-24-17-15-21(19-24)11-13-22(14-12-21,23(2)3)18-20-9-7-6-8-10-20/h6-10H,4-5,11-19H2,1-3H3. The van der Waals surface area contributed by atoms with Crippen LogP contribution in [0.25, 0.3) is 0 Å². The van der Waals surface area contributed by atoms with E-state index in [1.165, 1.54) is 76.6 Å². The summed E-state index contributed by atoms with van der Waals surface area (Å²) >= 11 is 0. The lowest BCUT2D eigenvalue weighted by molar-refractivity contribution is 0.0408. The maximum Gasteiger partial charge on any atom is 0.0244 e. The molecule has 2 nitrogen and oxygen atoms in total. The maximum absolute atomic E-state index is 2.74. The van der Waals surface area contributed by atoms with Crippen molar-refractivity contribution >= 4 is 0 Å². The van der Waals surface area contributed by atoms with Crippen LogP contribution in [0.1, 0.15) is 57.4 Å². The van der Waals surface area contributed by atoms with Crippen molar-refractivity contribution in [2.24, 2.45) is 5.41 Å². The summed E-state index contributed by atoms with van der Waals surface area (Å²) < 4.78 is 0. The van der Waals surface area contributed by atoms with Crippen molar-refractivity contribution in [3.63, 3.8) is 0 Å². The average Bonchev–Trinajstić information content (AvgIpc) is 2.99. The Hall–Kier alpha value is -0.860. The predicted molar refractivity (Wildman–Crippen MR) is 103 cm³/mol. The van der Waals surface area contributed by atoms with Crippen molar-refractivity contribution in [2.45, 2.75) is 63.8 Å². The second kappa shape index (κ2) is 7.58. The molecule has 1 saturated heterocycles. The lowest BCUT2D eigenvalue weighted by Gasteiger charge is -2.49. The molecule has 0 atom stereocenters. The van der Waals surface area contributed by atoms with Gasteiger partial charge in [-0.25, -0.2) is 0 Å². The molecule has 1 aliphatic heterocycles. The summed E-state index contributed by atoms with van der Waals surface area (Å²) in [7, 11) is 4.59. The van der Waals surface area contributed by atoms with Crippen LogP contribution in [-0.2, 0) is 6.42 Å². The average molecular weight is 329 g/mol. The third kappa shape index (κ3) is 3.86. The monoisotopic (exact) mass is 328 g/mol. The molecule has 0 aromatic heterocycles. The molecular formula is C22H36N2. The molecule has 2 heteroatoms. The van der Waals surface area contributed by atoms with E-state index in [0.717, 1.165) is 0 Å². The van der Waals surface area contributed by atoms with Crippen LogP contribution in [0, 0.1) is 5.41 Å². The number of hydrogen-bond acceptors (Lipinski definition) is 2. The molecule has 0 bridgehead atoms. The Labute approximate surface area is 149 Å². The third-order valence-electron chi connectivity index (χ3n) is 6.91. The quantitative estimate of drug-likeness (QED) is 0.753. The van der Waals surface area contributed by atoms with Crippen LogP contribution in [0.4, 0.5) is 0 Å². The van der Waals surface area contributed by atoms with Gasteiger partial charge in [0.15, 0.2) is 0 Å². The molecule has 3 rings (SSSR count). The third-order valence-corrected chi connectivity index (χ3v) is 6.91. The van der Waals surface area contributed by atoms with Gasteiger partial charge < -0.3 is 9.80 Å². The number of rotatable bonds is 6. The highest BCUT2D eigenvalue weighted by molar-refractivity contribution is 5.19. The number of likely N-dealkylation sites (N-methyl/N-ethyl adjacent to an activating group) is 1. The highest BCUT2D eigenvalue weighted by Crippen LogP contribution is 2.49. The molecule has 1 spiro atoms. The zero-order valence-corrected chi connectivity index (χ0v) is 16.1. The number of unbranched alkanes of at least 4 members (excludes halogenated alkanes) is 1. The lowest BCUT2D eigenvalue weighted by Crippen LogP contribution is -2.51. The molecule has 0 N–H and O–H groups in total. The fourth-order valence-electron chi connectivity index (χ4n) is 5.01. The topological polar surface area (TPSA) is 6.48 Å². The van der Waals surface area contributed by atoms with Gasteiger partial charge in [-0.2, -0.15) is 0 Å². The molecule has 1 saturated carbocycles. The fraction of sp³-hybridized carbons (Fsp3) is 0.727. The minimum atomic E-state index is 0.365. The molecule has 2 aliphatic rings. The molecular weight excluding hydrogens is 292 g/mol. The normalized spacial score (nSPS) is 31.2. The molecule has 1 aliphatic carbocycles. The number of hydrogen-bond donors (Lipinski definition) is 0. The van der Waals surface area contributed by atoms with Gasteiger partial charge in [0.2, 0.25) is 0 Å². The van der Waals surface area contributed by atoms with E-state index in [1.807, 2.05) is 0 Å². The van der Waals surface area contributed by atoms with Crippen LogP contribution < -0.4 is 0 Å². The van der Waals surface area contributed by atoms with Crippen LogP contribution >= 0.6 is 0 Å². The Balaban J connectivity index is 1.63. The van der Waals surface area contributed by atoms with Gasteiger partial charge in [-0.3, -0.25) is 0 Å². The molecule has 2 fully saturated rings. The lowest BCUT2D eigenvalue weighted by atomic mass is 9.65. The highest BCUT2D eigenvalue weighted by atomic mass is 15.2. The van der Waals surface area contributed by atoms with Crippen LogP contribution in [0.2, 0.25) is 0 Å². The highest BCUT2D eigenvalue weighted by Gasteiger charge is 2.46. The van der Waals surface area contributed by atoms with Crippen LogP contribution in [0.3, 0.4) is 0 Å². The van der Waals surface area contributed by atoms with Gasteiger partial charge in [-0.15, -0.1) is 0 Å². The van der Waals surface area contributed by atoms with E-state index < -0.39 is 0 Å². The molecule has 0 amide bonds. The number of likely N-dealkylation sites (tertiary alicyclic amines) is 1. The molecule has 1 heterocycles. The summed E-state index contributed by atoms with van der Waals surface area (Å²) in [4.78, 5) is 5.26. The van der Waals surface area contributed by atoms with Gasteiger partial charge in [0, 0.05) is 12.1 Å². The van der Waals surface area contributed by atoms with Gasteiger partial charge in [0.1, 0.15) is 0 Å². The first-order valence-corrected chi connectivity index (χ1v) is 10.0. The van der Waals surface area contributed by atoms with E-state index in [-0.39, 0.29) is 0 Å². The molecule has 1 aromatic rings. The second-order valence-corrected chi connectivity index (χ2v) is 8.66. The van der Waals surface area contributed by atoms with Crippen molar-refractivity contribution in [3.8, 4) is 0 Å². The van der Waals surface area contributed by atoms with Crippen LogP contribution in [0.5, 0.6) is 0 Å². The predicted octanol–water partition coefficient (Wildman–Crippen LogP) is 4.60. The van der Waals surface area contributed by atoms with E-state index in [9.17, 15) is 0 Å². The fourth-order valence-corrected chi connectivity index (χ4v) is 5.01. The van der Waals surface area contributed by atoms with Gasteiger partial charge in [0.05, 0.1) is 0 Å². The van der Waals surface area contributed by atoms with E-state index in [4.69, 9.17) is 0 Å². The Morgan fingerprint density at radius 2 is 1.71 bits per heavy atom. The van der Waals surface area contributed by atoms with E-state index in [0.29, 0.717) is 11.0 Å². The zero-order valence-electron chi connectivity index (χ0n) is 16.1. The number of nitrogens with zero attached hydrogens (tertiary/aromatic N) is 2. The zero-order chi connectivity index (χ0) is 17.0. The Bertz CT molecular complexity index is 500. The molecule has 0 radical (unpaired) electrons. The van der Waals surface area contributed by atoms with Crippen molar-refractivity contribution in [1.82, 2.24) is 9.80 Å². The van der Waals surface area contributed by atoms with Gasteiger partial charge in [0.25, 0.3) is 0 Å². The van der Waals surface area contributed by atoms with Crippen LogP contribution in [0.15, 0.2) is 30.3 Å². The van der Waals surface area contributed by atoms with E-state index in [2.05, 4.69) is 61.2 Å². The Kier molecular flexibility index (Phi) is 5.66. The minimum Gasteiger partial charge on any atom is -0.303 e. The summed E-state index contributed by atoms with van der Waals surface area (Å²) in [5.74, 6) is 0. The largest absolute Gasteiger partial charge is 0.303 e. The first-order chi connectivity index (χ1) is 11.6. The van der Waals surface area contributed by atoms with Crippen molar-refractivity contribution in [3.05, 3.63) is 35.9 Å². The van der Waals surface area contributed by atoms with Gasteiger partial charge in [-0.05, 0) is 83.1 Å². The molecule has 0 unspecified atom stereocenters. The Morgan fingerprint density at radius 1 is 1.00 bits per heavy atom. The van der Waals surface area contributed by atoms with Crippen molar-refractivity contribution in [2.75, 3.05) is 33.7 Å². The summed E-state index contributed by atoms with van der Waals surface area (Å²) in [6, 6.07) is 11.1. The maximum atomic E-state index is 2.74. The minimum absolute atomic E-state index is 0.365. The van der Waals surface area contributed by atoms with Gasteiger partial charge in [-0.1, -0.05) is 43.7 Å². The first-order valence-electron chi connectivity index (χ1n) is 10.0. The smallest absolute Gasteiger partial charge is 0.0244 e. The summed E-state index contributed by atoms with van der Waals surface area (Å²) in [6.45, 7) is 6.33. The molecule has 134 valence electrons. The van der Waals surface area contributed by atoms with Crippen molar-refractivity contribution < 1.29 is 0 Å². The Morgan fingerprint density at radius 3 is 2.33 bits per heavy atom. The summed E-state index contributed by atoms with van der Waals surface area (Å²) in [5, 5.41) is 0. The summed E-state index contributed by atoms with van der Waals surface area (Å²) in [5.41, 5.74) is 2.49. The van der Waals surface area contributed by atoms with Crippen LogP contribution in [-0.4, -0.2) is 49.1 Å². The molecule has 1 aromatic carbocycles. The molecule has 24 heavy (non-hydrogen) atoms. The summed E-state index contributed by atoms with van der Waals surface area (Å²) in [6.07, 6.45) is 10.9. The SMILES string of the molecule is CCCCN1CCC2(CCC(Cc3ccccc3)(N(C)C)CC2)C1.